The predicted molar refractivity (Wildman–Crippen MR) is 87.7 cm³/mol. The SMILES string of the molecule is CCN(CCNC(=O)C1CCCCN1)c1ccccc1C. The first-order valence-corrected chi connectivity index (χ1v) is 8.04. The van der Waals surface area contributed by atoms with Crippen molar-refractivity contribution in [2.45, 2.75) is 39.2 Å². The molecule has 0 radical (unpaired) electrons. The quantitative estimate of drug-likeness (QED) is 0.843. The number of hydrogen-bond donors (Lipinski definition) is 2. The first kappa shape index (κ1) is 15.8. The number of nitrogens with one attached hydrogen (secondary N) is 2. The van der Waals surface area contributed by atoms with Crippen molar-refractivity contribution >= 4 is 11.6 Å². The Morgan fingerprint density at radius 1 is 1.38 bits per heavy atom. The van der Waals surface area contributed by atoms with E-state index in [9.17, 15) is 4.79 Å². The number of para-hydroxylation sites is 1. The van der Waals surface area contributed by atoms with Crippen LogP contribution < -0.4 is 15.5 Å². The fourth-order valence-corrected chi connectivity index (χ4v) is 2.88. The zero-order valence-corrected chi connectivity index (χ0v) is 13.2. The van der Waals surface area contributed by atoms with Gasteiger partial charge in [-0.2, -0.15) is 0 Å². The van der Waals surface area contributed by atoms with Crippen LogP contribution in [0.5, 0.6) is 0 Å². The molecule has 1 atom stereocenters. The van der Waals surface area contributed by atoms with Gasteiger partial charge in [-0.05, 0) is 44.9 Å². The highest BCUT2D eigenvalue weighted by molar-refractivity contribution is 5.81. The topological polar surface area (TPSA) is 44.4 Å². The fourth-order valence-electron chi connectivity index (χ4n) is 2.88. The van der Waals surface area contributed by atoms with Crippen LogP contribution >= 0.6 is 0 Å². The Morgan fingerprint density at radius 3 is 2.86 bits per heavy atom. The molecular formula is C17H27N3O. The minimum absolute atomic E-state index is 0.00675. The van der Waals surface area contributed by atoms with Crippen molar-refractivity contribution in [2.24, 2.45) is 0 Å². The van der Waals surface area contributed by atoms with E-state index in [-0.39, 0.29) is 11.9 Å². The number of piperidine rings is 1. The zero-order chi connectivity index (χ0) is 15.1. The summed E-state index contributed by atoms with van der Waals surface area (Å²) in [6.07, 6.45) is 3.29. The van der Waals surface area contributed by atoms with E-state index in [1.54, 1.807) is 0 Å². The van der Waals surface area contributed by atoms with Gasteiger partial charge in [0.2, 0.25) is 5.91 Å². The third kappa shape index (κ3) is 4.46. The normalized spacial score (nSPS) is 18.3. The molecule has 1 aliphatic heterocycles. The molecule has 0 saturated carbocycles. The maximum atomic E-state index is 12.1. The van der Waals surface area contributed by atoms with E-state index in [1.165, 1.54) is 17.7 Å². The van der Waals surface area contributed by atoms with E-state index in [1.807, 2.05) is 0 Å². The van der Waals surface area contributed by atoms with Gasteiger partial charge in [0.05, 0.1) is 6.04 Å². The molecule has 1 unspecified atom stereocenters. The molecule has 2 N–H and O–H groups in total. The molecule has 0 spiro atoms. The van der Waals surface area contributed by atoms with Gasteiger partial charge in [-0.15, -0.1) is 0 Å². The Kier molecular flexibility index (Phi) is 6.05. The second-order valence-electron chi connectivity index (χ2n) is 5.66. The summed E-state index contributed by atoms with van der Waals surface area (Å²) >= 11 is 0. The molecule has 2 rings (SSSR count). The average Bonchev–Trinajstić information content (AvgIpc) is 2.53. The molecule has 21 heavy (non-hydrogen) atoms. The van der Waals surface area contributed by atoms with Crippen molar-refractivity contribution in [1.29, 1.82) is 0 Å². The number of aryl methyl sites for hydroxylation is 1. The Morgan fingerprint density at radius 2 is 2.19 bits per heavy atom. The van der Waals surface area contributed by atoms with Crippen molar-refractivity contribution in [3.05, 3.63) is 29.8 Å². The van der Waals surface area contributed by atoms with Gasteiger partial charge in [-0.1, -0.05) is 24.6 Å². The minimum Gasteiger partial charge on any atom is -0.370 e. The number of carbonyl (C=O) groups is 1. The molecule has 0 aromatic heterocycles. The van der Waals surface area contributed by atoms with Gasteiger partial charge >= 0.3 is 0 Å². The number of benzene rings is 1. The van der Waals surface area contributed by atoms with E-state index < -0.39 is 0 Å². The first-order chi connectivity index (χ1) is 10.2. The molecule has 116 valence electrons. The lowest BCUT2D eigenvalue weighted by Crippen LogP contribution is -2.48. The smallest absolute Gasteiger partial charge is 0.237 e. The molecule has 1 aromatic carbocycles. The molecule has 1 heterocycles. The van der Waals surface area contributed by atoms with E-state index in [0.717, 1.165) is 32.5 Å². The Hall–Kier alpha value is -1.55. The van der Waals surface area contributed by atoms with Crippen molar-refractivity contribution < 1.29 is 4.79 Å². The monoisotopic (exact) mass is 289 g/mol. The Balaban J connectivity index is 1.81. The second-order valence-corrected chi connectivity index (χ2v) is 5.66. The molecule has 1 aromatic rings. The number of nitrogens with zero attached hydrogens (tertiary/aromatic N) is 1. The van der Waals surface area contributed by atoms with Crippen LogP contribution in [0, 0.1) is 6.92 Å². The van der Waals surface area contributed by atoms with Gasteiger partial charge in [-0.25, -0.2) is 0 Å². The summed E-state index contributed by atoms with van der Waals surface area (Å²) in [5.74, 6) is 0.149. The summed E-state index contributed by atoms with van der Waals surface area (Å²) in [6, 6.07) is 8.40. The highest BCUT2D eigenvalue weighted by Crippen LogP contribution is 2.18. The van der Waals surface area contributed by atoms with Crippen molar-refractivity contribution in [2.75, 3.05) is 31.1 Å². The Labute approximate surface area is 127 Å². The zero-order valence-electron chi connectivity index (χ0n) is 13.2. The third-order valence-corrected chi connectivity index (χ3v) is 4.15. The highest BCUT2D eigenvalue weighted by Gasteiger charge is 2.19. The van der Waals surface area contributed by atoms with E-state index in [0.29, 0.717) is 6.54 Å². The van der Waals surface area contributed by atoms with Crippen LogP contribution in [0.15, 0.2) is 24.3 Å². The van der Waals surface area contributed by atoms with Crippen LogP contribution in [0.3, 0.4) is 0 Å². The standard InChI is InChI=1S/C17H27N3O/c1-3-20(16-10-5-4-8-14(16)2)13-12-19-17(21)15-9-6-7-11-18-15/h4-5,8,10,15,18H,3,6-7,9,11-13H2,1-2H3,(H,19,21). The maximum absolute atomic E-state index is 12.1. The number of anilines is 1. The van der Waals surface area contributed by atoms with Gasteiger partial charge in [0, 0.05) is 25.3 Å². The number of carbonyl (C=O) groups excluding carboxylic acids is 1. The summed E-state index contributed by atoms with van der Waals surface area (Å²) in [5, 5.41) is 6.35. The van der Waals surface area contributed by atoms with Crippen LogP contribution in [0.4, 0.5) is 5.69 Å². The van der Waals surface area contributed by atoms with Crippen LogP contribution in [0.25, 0.3) is 0 Å². The lowest BCUT2D eigenvalue weighted by molar-refractivity contribution is -0.123. The van der Waals surface area contributed by atoms with Gasteiger partial charge in [0.15, 0.2) is 0 Å². The molecule has 4 nitrogen and oxygen atoms in total. The minimum atomic E-state index is 0.00675. The number of hydrogen-bond acceptors (Lipinski definition) is 3. The average molecular weight is 289 g/mol. The van der Waals surface area contributed by atoms with E-state index in [4.69, 9.17) is 0 Å². The molecule has 1 fully saturated rings. The van der Waals surface area contributed by atoms with Crippen molar-refractivity contribution in [3.8, 4) is 0 Å². The van der Waals surface area contributed by atoms with Gasteiger partial charge < -0.3 is 15.5 Å². The maximum Gasteiger partial charge on any atom is 0.237 e. The third-order valence-electron chi connectivity index (χ3n) is 4.15. The largest absolute Gasteiger partial charge is 0.370 e. The van der Waals surface area contributed by atoms with E-state index in [2.05, 4.69) is 53.6 Å². The molecule has 4 heteroatoms. The predicted octanol–water partition coefficient (Wildman–Crippen LogP) is 2.08. The second kappa shape index (κ2) is 8.03. The summed E-state index contributed by atoms with van der Waals surface area (Å²) in [7, 11) is 0. The van der Waals surface area contributed by atoms with Crippen LogP contribution in [-0.2, 0) is 4.79 Å². The van der Waals surface area contributed by atoms with E-state index >= 15 is 0 Å². The van der Waals surface area contributed by atoms with Gasteiger partial charge in [-0.3, -0.25) is 4.79 Å². The first-order valence-electron chi connectivity index (χ1n) is 8.04. The fraction of sp³-hybridized carbons (Fsp3) is 0.588. The van der Waals surface area contributed by atoms with Crippen LogP contribution in [-0.4, -0.2) is 38.1 Å². The summed E-state index contributed by atoms with van der Waals surface area (Å²) in [6.45, 7) is 7.73. The number of amides is 1. The lowest BCUT2D eigenvalue weighted by Gasteiger charge is -2.26. The number of rotatable bonds is 6. The molecular weight excluding hydrogens is 262 g/mol. The van der Waals surface area contributed by atoms with Crippen LogP contribution in [0.1, 0.15) is 31.7 Å². The van der Waals surface area contributed by atoms with Gasteiger partial charge in [0.25, 0.3) is 0 Å². The van der Waals surface area contributed by atoms with Crippen LogP contribution in [0.2, 0.25) is 0 Å². The summed E-state index contributed by atoms with van der Waals surface area (Å²) < 4.78 is 0. The number of likely N-dealkylation sites (N-methyl/N-ethyl adjacent to an activating group) is 1. The van der Waals surface area contributed by atoms with Crippen molar-refractivity contribution in [1.82, 2.24) is 10.6 Å². The molecule has 0 aliphatic carbocycles. The molecule has 0 bridgehead atoms. The Bertz CT molecular complexity index is 455. The summed E-state index contributed by atoms with van der Waals surface area (Å²) in [4.78, 5) is 14.4. The molecule has 1 saturated heterocycles. The molecule has 1 amide bonds. The lowest BCUT2D eigenvalue weighted by atomic mass is 10.0. The van der Waals surface area contributed by atoms with Gasteiger partial charge in [0.1, 0.15) is 0 Å². The van der Waals surface area contributed by atoms with Crippen molar-refractivity contribution in [3.63, 3.8) is 0 Å². The summed E-state index contributed by atoms with van der Waals surface area (Å²) in [5.41, 5.74) is 2.53. The molecule has 1 aliphatic rings. The highest BCUT2D eigenvalue weighted by atomic mass is 16.2.